The molecule has 24 heavy (non-hydrogen) atoms. The largest absolute Gasteiger partial charge is 0.355 e. The summed E-state index contributed by atoms with van der Waals surface area (Å²) in [6.45, 7) is 9.55. The fourth-order valence-corrected chi connectivity index (χ4v) is 4.68. The predicted molar refractivity (Wildman–Crippen MR) is 94.4 cm³/mol. The van der Waals surface area contributed by atoms with Crippen molar-refractivity contribution in [3.63, 3.8) is 0 Å². The Morgan fingerprint density at radius 2 is 1.88 bits per heavy atom. The first-order valence-corrected chi connectivity index (χ1v) is 9.44. The Morgan fingerprint density at radius 3 is 2.42 bits per heavy atom. The lowest BCUT2D eigenvalue weighted by molar-refractivity contribution is 0.0963. The fraction of sp³-hybridized carbons (Fsp3) is 0.471. The van der Waals surface area contributed by atoms with Crippen molar-refractivity contribution < 1.29 is 13.2 Å². The van der Waals surface area contributed by atoms with Crippen LogP contribution in [-0.2, 0) is 10.0 Å². The lowest BCUT2D eigenvalue weighted by Crippen LogP contribution is -2.57. The van der Waals surface area contributed by atoms with Crippen LogP contribution >= 0.6 is 0 Å². The zero-order chi connectivity index (χ0) is 17.9. The number of carbonyl (C=O) groups excluding carboxylic acids is 1. The van der Waals surface area contributed by atoms with E-state index in [0.29, 0.717) is 18.7 Å². The molecule has 0 unspecified atom stereocenters. The van der Waals surface area contributed by atoms with Crippen molar-refractivity contribution in [2.45, 2.75) is 30.8 Å². The molecule has 1 saturated heterocycles. The standard InChI is InChI=1S/C17H25N3O3S/c1-5-10-19-11-14(3)20(12-13(19)2)24(22,23)16-8-6-15(7-9-16)17(21)18-4/h5-9,13-14H,1,10-12H2,2-4H3,(H,18,21)/t13-,14-/m1/s1. The number of carbonyl (C=O) groups is 1. The Morgan fingerprint density at radius 1 is 1.25 bits per heavy atom. The van der Waals surface area contributed by atoms with Gasteiger partial charge in [0.25, 0.3) is 5.91 Å². The van der Waals surface area contributed by atoms with Gasteiger partial charge in [-0.15, -0.1) is 6.58 Å². The van der Waals surface area contributed by atoms with Gasteiger partial charge in [0.1, 0.15) is 0 Å². The highest BCUT2D eigenvalue weighted by Gasteiger charge is 2.36. The molecule has 1 amide bonds. The van der Waals surface area contributed by atoms with Crippen LogP contribution in [0.1, 0.15) is 24.2 Å². The van der Waals surface area contributed by atoms with E-state index in [4.69, 9.17) is 0 Å². The third-order valence-electron chi connectivity index (χ3n) is 4.37. The van der Waals surface area contributed by atoms with Crippen LogP contribution in [-0.4, -0.2) is 62.3 Å². The molecule has 1 aliphatic rings. The van der Waals surface area contributed by atoms with Crippen LogP contribution in [0.3, 0.4) is 0 Å². The van der Waals surface area contributed by atoms with Crippen molar-refractivity contribution in [2.75, 3.05) is 26.7 Å². The van der Waals surface area contributed by atoms with Crippen molar-refractivity contribution in [1.29, 1.82) is 0 Å². The van der Waals surface area contributed by atoms with Gasteiger partial charge in [0.15, 0.2) is 0 Å². The first-order chi connectivity index (χ1) is 11.3. The molecule has 1 aliphatic heterocycles. The number of nitrogens with zero attached hydrogens (tertiary/aromatic N) is 2. The lowest BCUT2D eigenvalue weighted by atomic mass is 10.1. The minimum atomic E-state index is -3.58. The van der Waals surface area contributed by atoms with Gasteiger partial charge in [-0.2, -0.15) is 4.31 Å². The molecule has 0 aliphatic carbocycles. The Bertz CT molecular complexity index is 700. The number of piperazine rings is 1. The van der Waals surface area contributed by atoms with Gasteiger partial charge >= 0.3 is 0 Å². The number of hydrogen-bond donors (Lipinski definition) is 1. The average molecular weight is 351 g/mol. The van der Waals surface area contributed by atoms with Crippen molar-refractivity contribution >= 4 is 15.9 Å². The molecule has 7 heteroatoms. The van der Waals surface area contributed by atoms with Crippen LogP contribution < -0.4 is 5.32 Å². The minimum absolute atomic E-state index is 0.121. The van der Waals surface area contributed by atoms with Crippen LogP contribution in [0.5, 0.6) is 0 Å². The molecule has 132 valence electrons. The summed E-state index contributed by atoms with van der Waals surface area (Å²) >= 11 is 0. The number of sulfonamides is 1. The highest BCUT2D eigenvalue weighted by molar-refractivity contribution is 7.89. The normalized spacial score (nSPS) is 23.0. The topological polar surface area (TPSA) is 69.7 Å². The molecular formula is C17H25N3O3S. The maximum absolute atomic E-state index is 12.9. The SMILES string of the molecule is C=CCN1C[C@@H](C)N(S(=O)(=O)c2ccc(C(=O)NC)cc2)C[C@H]1C. The summed E-state index contributed by atoms with van der Waals surface area (Å²) < 4.78 is 27.4. The van der Waals surface area contributed by atoms with Gasteiger partial charge in [-0.25, -0.2) is 8.42 Å². The molecule has 0 bridgehead atoms. The van der Waals surface area contributed by atoms with Crippen molar-refractivity contribution in [3.05, 3.63) is 42.5 Å². The van der Waals surface area contributed by atoms with Crippen LogP contribution in [0.25, 0.3) is 0 Å². The molecule has 0 spiro atoms. The zero-order valence-corrected chi connectivity index (χ0v) is 15.2. The van der Waals surface area contributed by atoms with Gasteiger partial charge in [-0.1, -0.05) is 6.08 Å². The van der Waals surface area contributed by atoms with Crippen molar-refractivity contribution in [2.24, 2.45) is 0 Å². The van der Waals surface area contributed by atoms with E-state index in [0.717, 1.165) is 6.54 Å². The van der Waals surface area contributed by atoms with E-state index in [1.165, 1.54) is 24.3 Å². The van der Waals surface area contributed by atoms with Crippen molar-refractivity contribution in [3.8, 4) is 0 Å². The van der Waals surface area contributed by atoms with Gasteiger partial charge in [-0.05, 0) is 38.1 Å². The number of rotatable bonds is 5. The maximum atomic E-state index is 12.9. The molecule has 1 aromatic rings. The van der Waals surface area contributed by atoms with Crippen LogP contribution in [0.4, 0.5) is 0 Å². The lowest BCUT2D eigenvalue weighted by Gasteiger charge is -2.42. The third kappa shape index (κ3) is 3.68. The van der Waals surface area contributed by atoms with Gasteiger partial charge in [-0.3, -0.25) is 9.69 Å². The molecular weight excluding hydrogens is 326 g/mol. The van der Waals surface area contributed by atoms with E-state index in [2.05, 4.69) is 16.8 Å². The molecule has 0 radical (unpaired) electrons. The highest BCUT2D eigenvalue weighted by Crippen LogP contribution is 2.24. The summed E-state index contributed by atoms with van der Waals surface area (Å²) in [4.78, 5) is 14.0. The number of benzene rings is 1. The van der Waals surface area contributed by atoms with E-state index in [1.54, 1.807) is 11.4 Å². The van der Waals surface area contributed by atoms with E-state index >= 15 is 0 Å². The maximum Gasteiger partial charge on any atom is 0.251 e. The molecule has 1 aromatic carbocycles. The third-order valence-corrected chi connectivity index (χ3v) is 6.37. The molecule has 0 aromatic heterocycles. The average Bonchev–Trinajstić information content (AvgIpc) is 2.57. The summed E-state index contributed by atoms with van der Waals surface area (Å²) in [5.74, 6) is -0.237. The first-order valence-electron chi connectivity index (χ1n) is 8.00. The predicted octanol–water partition coefficient (Wildman–Crippen LogP) is 1.32. The van der Waals surface area contributed by atoms with Crippen molar-refractivity contribution in [1.82, 2.24) is 14.5 Å². The molecule has 2 rings (SSSR count). The zero-order valence-electron chi connectivity index (χ0n) is 14.4. The van der Waals surface area contributed by atoms with E-state index in [9.17, 15) is 13.2 Å². The van der Waals surface area contributed by atoms with Gasteiger partial charge in [0.05, 0.1) is 4.90 Å². The van der Waals surface area contributed by atoms with E-state index in [1.807, 2.05) is 19.9 Å². The summed E-state index contributed by atoms with van der Waals surface area (Å²) in [7, 11) is -2.04. The second kappa shape index (κ2) is 7.46. The molecule has 2 atom stereocenters. The quantitative estimate of drug-likeness (QED) is 0.812. The van der Waals surface area contributed by atoms with Crippen LogP contribution in [0.15, 0.2) is 41.8 Å². The summed E-state index contributed by atoms with van der Waals surface area (Å²) in [5, 5.41) is 2.52. The first kappa shape index (κ1) is 18.6. The number of hydrogen-bond acceptors (Lipinski definition) is 4. The molecule has 0 saturated carbocycles. The van der Waals surface area contributed by atoms with E-state index in [-0.39, 0.29) is 22.9 Å². The summed E-state index contributed by atoms with van der Waals surface area (Å²) in [6, 6.07) is 6.06. The number of amides is 1. The second-order valence-electron chi connectivity index (χ2n) is 6.12. The monoisotopic (exact) mass is 351 g/mol. The fourth-order valence-electron chi connectivity index (χ4n) is 2.98. The highest BCUT2D eigenvalue weighted by atomic mass is 32.2. The molecule has 1 N–H and O–H groups in total. The molecule has 1 heterocycles. The van der Waals surface area contributed by atoms with Gasteiger partial charge in [0.2, 0.25) is 10.0 Å². The van der Waals surface area contributed by atoms with E-state index < -0.39 is 10.0 Å². The Balaban J connectivity index is 2.23. The molecule has 6 nitrogen and oxygen atoms in total. The smallest absolute Gasteiger partial charge is 0.251 e. The van der Waals surface area contributed by atoms with Crippen LogP contribution in [0.2, 0.25) is 0 Å². The Kier molecular flexibility index (Phi) is 5.79. The number of nitrogens with one attached hydrogen (secondary N) is 1. The molecule has 1 fully saturated rings. The summed E-state index contributed by atoms with van der Waals surface area (Å²) in [6.07, 6.45) is 1.84. The Hall–Kier alpha value is -1.70. The Labute approximate surface area is 144 Å². The van der Waals surface area contributed by atoms with Gasteiger partial charge in [0, 0.05) is 44.3 Å². The minimum Gasteiger partial charge on any atom is -0.355 e. The summed E-state index contributed by atoms with van der Waals surface area (Å²) in [5.41, 5.74) is 0.439. The second-order valence-corrected chi connectivity index (χ2v) is 8.01. The van der Waals surface area contributed by atoms with Crippen LogP contribution in [0, 0.1) is 0 Å². The van der Waals surface area contributed by atoms with Gasteiger partial charge < -0.3 is 5.32 Å².